The molecule has 2 aromatic rings. The van der Waals surface area contributed by atoms with Crippen LogP contribution in [0.1, 0.15) is 11.1 Å². The summed E-state index contributed by atoms with van der Waals surface area (Å²) >= 11 is 0. The third kappa shape index (κ3) is 3.65. The maximum Gasteiger partial charge on any atom is 0.200 e. The van der Waals surface area contributed by atoms with E-state index in [1.807, 2.05) is 0 Å². The van der Waals surface area contributed by atoms with Crippen molar-refractivity contribution >= 4 is 17.9 Å². The monoisotopic (exact) mass is 372 g/mol. The van der Waals surface area contributed by atoms with Crippen molar-refractivity contribution in [3.05, 3.63) is 46.5 Å². The highest BCUT2D eigenvalue weighted by molar-refractivity contribution is 6.14. The van der Waals surface area contributed by atoms with Gasteiger partial charge in [0.25, 0.3) is 0 Å². The highest BCUT2D eigenvalue weighted by atomic mass is 16.5. The average Bonchev–Trinajstić information content (AvgIpc) is 2.61. The second kappa shape index (κ2) is 6.93. The van der Waals surface area contributed by atoms with Crippen LogP contribution in [0, 0.1) is 0 Å². The number of aromatic hydroxyl groups is 6. The Hall–Kier alpha value is -3.65. The molecular formula is C19H16O8. The van der Waals surface area contributed by atoms with Crippen molar-refractivity contribution in [3.8, 4) is 34.5 Å². The van der Waals surface area contributed by atoms with Crippen LogP contribution < -0.4 is 0 Å². The average molecular weight is 372 g/mol. The number of carbonyl (C=O) groups is 1. The number of rotatable bonds is 2. The molecule has 0 radical (unpaired) electrons. The molecule has 0 aromatic heterocycles. The Morgan fingerprint density at radius 1 is 0.667 bits per heavy atom. The molecule has 3 rings (SSSR count). The molecule has 8 nitrogen and oxygen atoms in total. The first-order chi connectivity index (χ1) is 12.8. The number of benzene rings is 2. The Labute approximate surface area is 153 Å². The van der Waals surface area contributed by atoms with E-state index in [1.54, 1.807) is 0 Å². The van der Waals surface area contributed by atoms with Gasteiger partial charge in [-0.15, -0.1) is 0 Å². The SMILES string of the molecule is O=C1/C(=C/c2cc(O)c(O)c(O)c2)COC/C1=C\c1cc(O)c(O)c(O)c1. The van der Waals surface area contributed by atoms with Gasteiger partial charge in [-0.05, 0) is 47.5 Å². The lowest BCUT2D eigenvalue weighted by Crippen LogP contribution is -2.21. The van der Waals surface area contributed by atoms with Crippen molar-refractivity contribution in [1.82, 2.24) is 0 Å². The van der Waals surface area contributed by atoms with Crippen LogP contribution in [-0.2, 0) is 9.53 Å². The van der Waals surface area contributed by atoms with Crippen LogP contribution in [0.3, 0.4) is 0 Å². The van der Waals surface area contributed by atoms with Crippen LogP contribution in [0.25, 0.3) is 12.2 Å². The quantitative estimate of drug-likeness (QED) is 0.346. The van der Waals surface area contributed by atoms with Gasteiger partial charge >= 0.3 is 0 Å². The lowest BCUT2D eigenvalue weighted by molar-refractivity contribution is -0.114. The number of hydrogen-bond acceptors (Lipinski definition) is 8. The minimum atomic E-state index is -0.657. The molecule has 2 aromatic carbocycles. The smallest absolute Gasteiger partial charge is 0.200 e. The maximum atomic E-state index is 12.6. The van der Waals surface area contributed by atoms with Crippen molar-refractivity contribution < 1.29 is 40.2 Å². The highest BCUT2D eigenvalue weighted by Gasteiger charge is 2.22. The van der Waals surface area contributed by atoms with Crippen LogP contribution in [0.2, 0.25) is 0 Å². The van der Waals surface area contributed by atoms with E-state index >= 15 is 0 Å². The van der Waals surface area contributed by atoms with Gasteiger partial charge in [-0.3, -0.25) is 4.79 Å². The summed E-state index contributed by atoms with van der Waals surface area (Å²) in [7, 11) is 0. The maximum absolute atomic E-state index is 12.6. The van der Waals surface area contributed by atoms with Gasteiger partial charge in [0.05, 0.1) is 13.2 Å². The fourth-order valence-corrected chi connectivity index (χ4v) is 2.64. The number of phenols is 6. The van der Waals surface area contributed by atoms with E-state index in [0.717, 1.165) is 0 Å². The second-order valence-electron chi connectivity index (χ2n) is 5.98. The van der Waals surface area contributed by atoms with E-state index in [1.165, 1.54) is 36.4 Å². The largest absolute Gasteiger partial charge is 0.504 e. The van der Waals surface area contributed by atoms with Gasteiger partial charge in [0.15, 0.2) is 40.3 Å². The van der Waals surface area contributed by atoms with E-state index in [0.29, 0.717) is 0 Å². The molecule has 1 fully saturated rings. The summed E-state index contributed by atoms with van der Waals surface area (Å²) in [5.41, 5.74) is 1.06. The first kappa shape index (κ1) is 18.2. The first-order valence-electron chi connectivity index (χ1n) is 7.79. The van der Waals surface area contributed by atoms with Gasteiger partial charge in [0, 0.05) is 11.1 Å². The van der Waals surface area contributed by atoms with Crippen LogP contribution in [0.5, 0.6) is 34.5 Å². The third-order valence-corrected chi connectivity index (χ3v) is 3.96. The molecule has 1 aliphatic heterocycles. The minimum Gasteiger partial charge on any atom is -0.504 e. The molecule has 0 atom stereocenters. The van der Waals surface area contributed by atoms with Crippen molar-refractivity contribution in [3.63, 3.8) is 0 Å². The van der Waals surface area contributed by atoms with Crippen molar-refractivity contribution in [2.45, 2.75) is 0 Å². The molecule has 140 valence electrons. The zero-order valence-electron chi connectivity index (χ0n) is 13.9. The van der Waals surface area contributed by atoms with E-state index in [-0.39, 0.29) is 41.3 Å². The van der Waals surface area contributed by atoms with Crippen LogP contribution in [0.4, 0.5) is 0 Å². The van der Waals surface area contributed by atoms with Crippen LogP contribution in [0.15, 0.2) is 35.4 Å². The van der Waals surface area contributed by atoms with Crippen molar-refractivity contribution in [1.29, 1.82) is 0 Å². The van der Waals surface area contributed by atoms with Crippen molar-refractivity contribution in [2.75, 3.05) is 13.2 Å². The topological polar surface area (TPSA) is 148 Å². The molecule has 1 aliphatic rings. The highest BCUT2D eigenvalue weighted by Crippen LogP contribution is 2.37. The Balaban J connectivity index is 1.94. The number of carbonyl (C=O) groups excluding carboxylic acids is 1. The predicted octanol–water partition coefficient (Wildman–Crippen LogP) is 1.99. The van der Waals surface area contributed by atoms with Gasteiger partial charge < -0.3 is 35.4 Å². The Kier molecular flexibility index (Phi) is 4.66. The molecular weight excluding hydrogens is 356 g/mol. The zero-order valence-corrected chi connectivity index (χ0v) is 13.9. The lowest BCUT2D eigenvalue weighted by atomic mass is 9.97. The van der Waals surface area contributed by atoms with E-state index in [4.69, 9.17) is 4.74 Å². The minimum absolute atomic E-state index is 0.00461. The summed E-state index contributed by atoms with van der Waals surface area (Å²) in [5, 5.41) is 57.0. The van der Waals surface area contributed by atoms with Gasteiger partial charge in [0.2, 0.25) is 0 Å². The van der Waals surface area contributed by atoms with Gasteiger partial charge in [0.1, 0.15) is 0 Å². The summed E-state index contributed by atoms with van der Waals surface area (Å²) in [6.45, 7) is 0.00923. The van der Waals surface area contributed by atoms with E-state index in [9.17, 15) is 35.4 Å². The molecule has 6 N–H and O–H groups in total. The molecule has 0 aliphatic carbocycles. The summed E-state index contributed by atoms with van der Waals surface area (Å²) in [5.74, 6) is -3.80. The Bertz CT molecular complexity index is 864. The van der Waals surface area contributed by atoms with Crippen molar-refractivity contribution in [2.24, 2.45) is 0 Å². The molecule has 0 spiro atoms. The summed E-state index contributed by atoms with van der Waals surface area (Å²) in [4.78, 5) is 12.6. The third-order valence-electron chi connectivity index (χ3n) is 3.96. The number of hydrogen-bond donors (Lipinski definition) is 6. The molecule has 0 unspecified atom stereocenters. The zero-order chi connectivity index (χ0) is 19.7. The molecule has 0 amide bonds. The Morgan fingerprint density at radius 3 is 1.33 bits per heavy atom. The lowest BCUT2D eigenvalue weighted by Gasteiger charge is -2.17. The summed E-state index contributed by atoms with van der Waals surface area (Å²) in [6.07, 6.45) is 2.81. The molecule has 1 saturated heterocycles. The van der Waals surface area contributed by atoms with Gasteiger partial charge in [-0.2, -0.15) is 0 Å². The molecule has 0 saturated carbocycles. The Morgan fingerprint density at radius 2 is 1.00 bits per heavy atom. The normalized spacial score (nSPS) is 17.6. The molecule has 0 bridgehead atoms. The second-order valence-corrected chi connectivity index (χ2v) is 5.98. The van der Waals surface area contributed by atoms with Gasteiger partial charge in [-0.1, -0.05) is 0 Å². The first-order valence-corrected chi connectivity index (χ1v) is 7.79. The predicted molar refractivity (Wildman–Crippen MR) is 94.7 cm³/mol. The van der Waals surface area contributed by atoms with E-state index < -0.39 is 34.5 Å². The molecule has 8 heteroatoms. The van der Waals surface area contributed by atoms with E-state index in [2.05, 4.69) is 0 Å². The molecule has 1 heterocycles. The van der Waals surface area contributed by atoms with Crippen LogP contribution in [-0.4, -0.2) is 49.6 Å². The van der Waals surface area contributed by atoms with Crippen LogP contribution >= 0.6 is 0 Å². The fourth-order valence-electron chi connectivity index (χ4n) is 2.64. The fraction of sp³-hybridized carbons (Fsp3) is 0.105. The standard InChI is InChI=1S/C19H16O8/c20-13-3-9(4-14(21)18(13)25)1-11-7-27-8-12(17(11)24)2-10-5-15(22)19(26)16(23)6-10/h1-6,20-23,25-26H,7-8H2/b11-1+,12-2+. The molecule has 27 heavy (non-hydrogen) atoms. The van der Waals surface area contributed by atoms with Gasteiger partial charge in [-0.25, -0.2) is 0 Å². The number of Topliss-reactive ketones (excluding diaryl/α,β-unsaturated/α-hetero) is 1. The summed E-state index contributed by atoms with van der Waals surface area (Å²) < 4.78 is 5.37. The summed E-state index contributed by atoms with van der Waals surface area (Å²) in [6, 6.07) is 4.74. The number of ketones is 1. The number of ether oxygens (including phenoxy) is 1. The number of phenolic OH excluding ortho intramolecular Hbond substituents is 6.